The van der Waals surface area contributed by atoms with E-state index >= 15 is 0 Å². The summed E-state index contributed by atoms with van der Waals surface area (Å²) in [6, 6.07) is 9.44. The number of piperidine rings is 1. The summed E-state index contributed by atoms with van der Waals surface area (Å²) in [7, 11) is 1.53. The molecule has 3 rings (SSSR count). The van der Waals surface area contributed by atoms with Gasteiger partial charge in [0.05, 0.1) is 5.69 Å². The van der Waals surface area contributed by atoms with Gasteiger partial charge in [0.1, 0.15) is 0 Å². The van der Waals surface area contributed by atoms with Crippen LogP contribution >= 0.6 is 0 Å². The molecule has 2 heterocycles. The zero-order chi connectivity index (χ0) is 19.2. The zero-order valence-electron chi connectivity index (χ0n) is 15.6. The van der Waals surface area contributed by atoms with Crippen molar-refractivity contribution in [3.05, 3.63) is 47.3 Å². The number of aromatic nitrogens is 3. The van der Waals surface area contributed by atoms with Crippen LogP contribution in [0.25, 0.3) is 0 Å². The molecule has 2 amide bonds. The number of hydrogen-bond acceptors (Lipinski definition) is 5. The van der Waals surface area contributed by atoms with Crippen LogP contribution in [0.2, 0.25) is 0 Å². The Bertz CT molecular complexity index is 769. The van der Waals surface area contributed by atoms with Gasteiger partial charge in [-0.25, -0.2) is 0 Å². The van der Waals surface area contributed by atoms with Gasteiger partial charge in [0.15, 0.2) is 11.8 Å². The van der Waals surface area contributed by atoms with E-state index in [9.17, 15) is 9.59 Å². The van der Waals surface area contributed by atoms with Crippen molar-refractivity contribution in [2.24, 2.45) is 5.92 Å². The van der Waals surface area contributed by atoms with E-state index < -0.39 is 6.10 Å². The molecule has 8 heteroatoms. The van der Waals surface area contributed by atoms with Gasteiger partial charge in [-0.3, -0.25) is 9.59 Å². The van der Waals surface area contributed by atoms with Gasteiger partial charge in [-0.2, -0.15) is 15.4 Å². The van der Waals surface area contributed by atoms with Gasteiger partial charge in [0.25, 0.3) is 11.8 Å². The molecule has 1 aromatic heterocycles. The van der Waals surface area contributed by atoms with Crippen LogP contribution in [0.15, 0.2) is 30.3 Å². The maximum atomic E-state index is 12.5. The minimum Gasteiger partial charge on any atom is -0.367 e. The number of aromatic amines is 1. The van der Waals surface area contributed by atoms with Gasteiger partial charge >= 0.3 is 0 Å². The number of carbonyl (C=O) groups is 2. The molecule has 0 bridgehead atoms. The number of amides is 2. The average Bonchev–Trinajstić information content (AvgIpc) is 3.13. The number of rotatable bonds is 6. The van der Waals surface area contributed by atoms with Gasteiger partial charge in [0, 0.05) is 26.7 Å². The van der Waals surface area contributed by atoms with Crippen molar-refractivity contribution in [3.8, 4) is 0 Å². The molecule has 0 unspecified atom stereocenters. The Morgan fingerprint density at radius 3 is 2.56 bits per heavy atom. The summed E-state index contributed by atoms with van der Waals surface area (Å²) in [6.07, 6.45) is 1.07. The first-order valence-electron chi connectivity index (χ1n) is 9.12. The Kier molecular flexibility index (Phi) is 6.18. The lowest BCUT2D eigenvalue weighted by molar-refractivity contribution is -0.131. The summed E-state index contributed by atoms with van der Waals surface area (Å²) >= 11 is 0. The third-order valence-electron chi connectivity index (χ3n) is 4.97. The van der Waals surface area contributed by atoms with Crippen molar-refractivity contribution in [3.63, 3.8) is 0 Å². The minimum absolute atomic E-state index is 0.0905. The van der Waals surface area contributed by atoms with E-state index in [1.54, 1.807) is 11.8 Å². The van der Waals surface area contributed by atoms with Gasteiger partial charge in [-0.15, -0.1) is 0 Å². The fourth-order valence-corrected chi connectivity index (χ4v) is 3.34. The van der Waals surface area contributed by atoms with Crippen molar-refractivity contribution >= 4 is 11.8 Å². The second-order valence-electron chi connectivity index (χ2n) is 6.76. The minimum atomic E-state index is -0.608. The lowest BCUT2D eigenvalue weighted by Gasteiger charge is -2.32. The molecule has 0 saturated carbocycles. The molecule has 0 aliphatic carbocycles. The highest BCUT2D eigenvalue weighted by atomic mass is 16.5. The highest BCUT2D eigenvalue weighted by molar-refractivity contribution is 5.93. The highest BCUT2D eigenvalue weighted by Gasteiger charge is 2.27. The number of benzene rings is 1. The molecule has 1 aliphatic rings. The molecule has 0 spiro atoms. The lowest BCUT2D eigenvalue weighted by Crippen LogP contribution is -2.42. The molecule has 8 nitrogen and oxygen atoms in total. The molecule has 27 heavy (non-hydrogen) atoms. The summed E-state index contributed by atoms with van der Waals surface area (Å²) < 4.78 is 5.36. The quantitative estimate of drug-likeness (QED) is 0.801. The summed E-state index contributed by atoms with van der Waals surface area (Å²) in [5, 5.41) is 13.3. The van der Waals surface area contributed by atoms with E-state index in [2.05, 4.69) is 20.7 Å². The monoisotopic (exact) mass is 371 g/mol. The first kappa shape index (κ1) is 19.0. The second-order valence-corrected chi connectivity index (χ2v) is 6.76. The number of nitrogens with one attached hydrogen (secondary N) is 2. The zero-order valence-corrected chi connectivity index (χ0v) is 15.6. The molecule has 2 N–H and O–H groups in total. The number of likely N-dealkylation sites (tertiary alicyclic amines) is 1. The number of nitrogens with zero attached hydrogens (tertiary/aromatic N) is 3. The maximum Gasteiger partial charge on any atom is 0.276 e. The summed E-state index contributed by atoms with van der Waals surface area (Å²) in [5.41, 5.74) is 1.83. The standard InChI is InChI=1S/C19H25N5O3/c1-13-16(22-23-21-13)19(26)24-10-8-14(9-11-24)12-20-18(25)17(27-2)15-6-4-3-5-7-15/h3-7,14,17H,8-12H2,1-2H3,(H,20,25)(H,21,22,23)/t17-/m1/s1. The molecule has 0 radical (unpaired) electrons. The molecule has 2 aromatic rings. The SMILES string of the molecule is CO[C@@H](C(=O)NCC1CCN(C(=O)c2n[nH]nc2C)CC1)c1ccccc1. The average molecular weight is 371 g/mol. The number of aryl methyl sites for hydroxylation is 1. The third-order valence-corrected chi connectivity index (χ3v) is 4.97. The molecule has 1 saturated heterocycles. The Labute approximate surface area is 158 Å². The van der Waals surface area contributed by atoms with E-state index in [1.807, 2.05) is 30.3 Å². The molecular weight excluding hydrogens is 346 g/mol. The Hall–Kier alpha value is -2.74. The highest BCUT2D eigenvalue weighted by Crippen LogP contribution is 2.20. The van der Waals surface area contributed by atoms with E-state index in [0.29, 0.717) is 36.9 Å². The van der Waals surface area contributed by atoms with Crippen molar-refractivity contribution in [2.75, 3.05) is 26.7 Å². The Morgan fingerprint density at radius 1 is 1.26 bits per heavy atom. The molecular formula is C19H25N5O3. The smallest absolute Gasteiger partial charge is 0.276 e. The largest absolute Gasteiger partial charge is 0.367 e. The van der Waals surface area contributed by atoms with Crippen molar-refractivity contribution in [2.45, 2.75) is 25.9 Å². The van der Waals surface area contributed by atoms with Crippen molar-refractivity contribution in [1.29, 1.82) is 0 Å². The predicted molar refractivity (Wildman–Crippen MR) is 98.9 cm³/mol. The molecule has 1 aromatic carbocycles. The number of ether oxygens (including phenoxy) is 1. The fraction of sp³-hybridized carbons (Fsp3) is 0.474. The van der Waals surface area contributed by atoms with Crippen LogP contribution in [0, 0.1) is 12.8 Å². The third kappa shape index (κ3) is 4.51. The van der Waals surface area contributed by atoms with Gasteiger partial charge < -0.3 is 15.0 Å². The van der Waals surface area contributed by atoms with Gasteiger partial charge in [-0.1, -0.05) is 30.3 Å². The summed E-state index contributed by atoms with van der Waals surface area (Å²) in [4.78, 5) is 26.7. The predicted octanol–water partition coefficient (Wildman–Crippen LogP) is 1.47. The lowest BCUT2D eigenvalue weighted by atomic mass is 9.96. The molecule has 144 valence electrons. The van der Waals surface area contributed by atoms with Gasteiger partial charge in [-0.05, 0) is 31.2 Å². The van der Waals surface area contributed by atoms with Crippen LogP contribution in [0.3, 0.4) is 0 Å². The summed E-state index contributed by atoms with van der Waals surface area (Å²) in [6.45, 7) is 3.64. The number of methoxy groups -OCH3 is 1. The van der Waals surface area contributed by atoms with Crippen LogP contribution in [0.4, 0.5) is 0 Å². The molecule has 1 atom stereocenters. The first-order chi connectivity index (χ1) is 13.1. The van der Waals surface area contributed by atoms with Crippen LogP contribution < -0.4 is 5.32 Å². The normalized spacial score (nSPS) is 16.1. The topological polar surface area (TPSA) is 100 Å². The van der Waals surface area contributed by atoms with Crippen molar-refractivity contribution < 1.29 is 14.3 Å². The fourth-order valence-electron chi connectivity index (χ4n) is 3.34. The molecule has 1 aliphatic heterocycles. The van der Waals surface area contributed by atoms with Gasteiger partial charge in [0.2, 0.25) is 0 Å². The number of carbonyl (C=O) groups excluding carboxylic acids is 2. The molecule has 1 fully saturated rings. The van der Waals surface area contributed by atoms with E-state index in [-0.39, 0.29) is 11.8 Å². The van der Waals surface area contributed by atoms with E-state index in [4.69, 9.17) is 4.74 Å². The van der Waals surface area contributed by atoms with Crippen LogP contribution in [-0.4, -0.2) is 58.9 Å². The van der Waals surface area contributed by atoms with Crippen LogP contribution in [0.1, 0.15) is 40.7 Å². The van der Waals surface area contributed by atoms with Crippen molar-refractivity contribution in [1.82, 2.24) is 25.6 Å². The number of H-pyrrole nitrogens is 1. The Balaban J connectivity index is 1.47. The van der Waals surface area contributed by atoms with E-state index in [1.165, 1.54) is 7.11 Å². The maximum absolute atomic E-state index is 12.5. The van der Waals surface area contributed by atoms with E-state index in [0.717, 1.165) is 18.4 Å². The van der Waals surface area contributed by atoms with Crippen LogP contribution in [0.5, 0.6) is 0 Å². The first-order valence-corrected chi connectivity index (χ1v) is 9.12. The summed E-state index contributed by atoms with van der Waals surface area (Å²) in [5.74, 6) is 0.109. The van der Waals surface area contributed by atoms with Crippen LogP contribution in [-0.2, 0) is 9.53 Å². The second kappa shape index (κ2) is 8.77. The number of hydrogen-bond donors (Lipinski definition) is 2. The Morgan fingerprint density at radius 2 is 1.96 bits per heavy atom.